The first-order valence-corrected chi connectivity index (χ1v) is 8.67. The zero-order chi connectivity index (χ0) is 16.4. The zero-order valence-electron chi connectivity index (χ0n) is 13.7. The second kappa shape index (κ2) is 6.66. The summed E-state index contributed by atoms with van der Waals surface area (Å²) < 4.78 is 9.44. The lowest BCUT2D eigenvalue weighted by Crippen LogP contribution is -2.35. The number of anilines is 1. The fraction of sp³-hybridized carbons (Fsp3) is 0.600. The van der Waals surface area contributed by atoms with E-state index in [9.17, 15) is 4.79 Å². The number of amides is 1. The standard InChI is InChI=1S/C15H21N5O2S/c1-4-12-13(10(2)22-17-12)14(21)19-6-5-7-20(9-8-19)15-16-11(3)18-23-15/h4-9H2,1-3H3. The third-order valence-electron chi connectivity index (χ3n) is 4.05. The van der Waals surface area contributed by atoms with Crippen LogP contribution in [0.5, 0.6) is 0 Å². The van der Waals surface area contributed by atoms with Crippen LogP contribution in [0.15, 0.2) is 4.52 Å². The second-order valence-corrected chi connectivity index (χ2v) is 6.40. The molecule has 0 aliphatic carbocycles. The van der Waals surface area contributed by atoms with Gasteiger partial charge in [0, 0.05) is 37.7 Å². The van der Waals surface area contributed by atoms with Crippen LogP contribution in [-0.4, -0.2) is 51.5 Å². The van der Waals surface area contributed by atoms with Crippen LogP contribution in [0.3, 0.4) is 0 Å². The number of aromatic nitrogens is 3. The Morgan fingerprint density at radius 1 is 1.26 bits per heavy atom. The third kappa shape index (κ3) is 3.21. The predicted molar refractivity (Wildman–Crippen MR) is 88.0 cm³/mol. The molecule has 124 valence electrons. The van der Waals surface area contributed by atoms with Gasteiger partial charge >= 0.3 is 0 Å². The first kappa shape index (κ1) is 15.9. The largest absolute Gasteiger partial charge is 0.361 e. The number of carbonyl (C=O) groups excluding carboxylic acids is 1. The molecule has 7 nitrogen and oxygen atoms in total. The van der Waals surface area contributed by atoms with Gasteiger partial charge in [0.1, 0.15) is 17.1 Å². The van der Waals surface area contributed by atoms with Crippen LogP contribution in [-0.2, 0) is 6.42 Å². The van der Waals surface area contributed by atoms with Crippen molar-refractivity contribution in [2.24, 2.45) is 0 Å². The fourth-order valence-electron chi connectivity index (χ4n) is 2.82. The maximum atomic E-state index is 12.8. The average molecular weight is 335 g/mol. The maximum Gasteiger partial charge on any atom is 0.259 e. The quantitative estimate of drug-likeness (QED) is 0.854. The van der Waals surface area contributed by atoms with Crippen molar-refractivity contribution < 1.29 is 9.32 Å². The van der Waals surface area contributed by atoms with Crippen LogP contribution in [0.25, 0.3) is 0 Å². The molecule has 3 rings (SSSR count). The van der Waals surface area contributed by atoms with Crippen molar-refractivity contribution in [3.05, 3.63) is 22.8 Å². The Hall–Kier alpha value is -1.96. The van der Waals surface area contributed by atoms with Crippen LogP contribution in [0, 0.1) is 13.8 Å². The van der Waals surface area contributed by atoms with Gasteiger partial charge in [-0.15, -0.1) is 0 Å². The van der Waals surface area contributed by atoms with E-state index >= 15 is 0 Å². The van der Waals surface area contributed by atoms with E-state index in [0.29, 0.717) is 24.3 Å². The van der Waals surface area contributed by atoms with E-state index in [1.807, 2.05) is 18.7 Å². The van der Waals surface area contributed by atoms with Gasteiger partial charge in [0.25, 0.3) is 5.91 Å². The van der Waals surface area contributed by atoms with Crippen LogP contribution in [0.1, 0.15) is 41.0 Å². The molecule has 3 heterocycles. The Kier molecular flexibility index (Phi) is 4.61. The molecule has 0 saturated carbocycles. The predicted octanol–water partition coefficient (Wildman–Crippen LogP) is 2.06. The molecule has 0 unspecified atom stereocenters. The molecule has 23 heavy (non-hydrogen) atoms. The van der Waals surface area contributed by atoms with E-state index in [1.54, 1.807) is 6.92 Å². The maximum absolute atomic E-state index is 12.8. The van der Waals surface area contributed by atoms with E-state index in [2.05, 4.69) is 19.4 Å². The number of carbonyl (C=O) groups is 1. The highest BCUT2D eigenvalue weighted by atomic mass is 32.1. The lowest BCUT2D eigenvalue weighted by Gasteiger charge is -2.21. The van der Waals surface area contributed by atoms with Crippen LogP contribution in [0.4, 0.5) is 5.13 Å². The van der Waals surface area contributed by atoms with E-state index in [1.165, 1.54) is 11.5 Å². The van der Waals surface area contributed by atoms with Gasteiger partial charge in [-0.25, -0.2) is 4.98 Å². The molecule has 0 spiro atoms. The topological polar surface area (TPSA) is 75.4 Å². The molecule has 2 aromatic heterocycles. The second-order valence-electron chi connectivity index (χ2n) is 5.67. The molecule has 0 bridgehead atoms. The van der Waals surface area contributed by atoms with E-state index in [4.69, 9.17) is 4.52 Å². The summed E-state index contributed by atoms with van der Waals surface area (Å²) in [5, 5.41) is 4.93. The molecule has 1 fully saturated rings. The fourth-order valence-corrected chi connectivity index (χ4v) is 3.54. The van der Waals surface area contributed by atoms with Gasteiger partial charge < -0.3 is 14.3 Å². The molecule has 1 saturated heterocycles. The Morgan fingerprint density at radius 2 is 2.09 bits per heavy atom. The number of aryl methyl sites for hydroxylation is 3. The SMILES string of the molecule is CCc1noc(C)c1C(=O)N1CCCN(c2nc(C)ns2)CC1. The zero-order valence-corrected chi connectivity index (χ0v) is 14.5. The summed E-state index contributed by atoms with van der Waals surface area (Å²) in [7, 11) is 0. The van der Waals surface area contributed by atoms with Crippen molar-refractivity contribution in [1.82, 2.24) is 19.4 Å². The number of hydrogen-bond acceptors (Lipinski definition) is 7. The molecule has 1 amide bonds. The molecular weight excluding hydrogens is 314 g/mol. The molecule has 0 radical (unpaired) electrons. The van der Waals surface area contributed by atoms with Crippen molar-refractivity contribution in [3.63, 3.8) is 0 Å². The van der Waals surface area contributed by atoms with E-state index in [0.717, 1.165) is 42.7 Å². The Bertz CT molecular complexity index is 696. The van der Waals surface area contributed by atoms with Gasteiger partial charge in [0.15, 0.2) is 0 Å². The first-order valence-electron chi connectivity index (χ1n) is 7.89. The molecule has 1 aliphatic rings. The molecular formula is C15H21N5O2S. The van der Waals surface area contributed by atoms with E-state index < -0.39 is 0 Å². The summed E-state index contributed by atoms with van der Waals surface area (Å²) in [5.74, 6) is 1.43. The number of nitrogens with zero attached hydrogens (tertiary/aromatic N) is 5. The van der Waals surface area contributed by atoms with Crippen LogP contribution >= 0.6 is 11.5 Å². The highest BCUT2D eigenvalue weighted by Crippen LogP contribution is 2.21. The monoisotopic (exact) mass is 335 g/mol. The lowest BCUT2D eigenvalue weighted by molar-refractivity contribution is 0.0764. The van der Waals surface area contributed by atoms with Gasteiger partial charge in [-0.3, -0.25) is 4.79 Å². The number of hydrogen-bond donors (Lipinski definition) is 0. The van der Waals surface area contributed by atoms with Crippen molar-refractivity contribution in [3.8, 4) is 0 Å². The van der Waals surface area contributed by atoms with Gasteiger partial charge in [0.05, 0.1) is 5.69 Å². The van der Waals surface area contributed by atoms with Gasteiger partial charge in [0.2, 0.25) is 5.13 Å². The summed E-state index contributed by atoms with van der Waals surface area (Å²) in [4.78, 5) is 21.4. The summed E-state index contributed by atoms with van der Waals surface area (Å²) in [6.45, 7) is 8.75. The minimum atomic E-state index is 0.0240. The minimum absolute atomic E-state index is 0.0240. The van der Waals surface area contributed by atoms with Gasteiger partial charge in [-0.1, -0.05) is 12.1 Å². The summed E-state index contributed by atoms with van der Waals surface area (Å²) >= 11 is 1.42. The molecule has 1 aliphatic heterocycles. The van der Waals surface area contributed by atoms with Crippen molar-refractivity contribution in [2.75, 3.05) is 31.1 Å². The molecule has 0 N–H and O–H groups in total. The normalized spacial score (nSPS) is 15.8. The van der Waals surface area contributed by atoms with Crippen molar-refractivity contribution >= 4 is 22.6 Å². The molecule has 0 aromatic carbocycles. The summed E-state index contributed by atoms with van der Waals surface area (Å²) in [6, 6.07) is 0. The van der Waals surface area contributed by atoms with Gasteiger partial charge in [-0.05, 0) is 26.7 Å². The summed E-state index contributed by atoms with van der Waals surface area (Å²) in [6.07, 6.45) is 1.61. The average Bonchev–Trinajstić information content (AvgIpc) is 3.04. The van der Waals surface area contributed by atoms with E-state index in [-0.39, 0.29) is 5.91 Å². The Morgan fingerprint density at radius 3 is 2.78 bits per heavy atom. The highest BCUT2D eigenvalue weighted by molar-refractivity contribution is 7.09. The van der Waals surface area contributed by atoms with Crippen LogP contribution in [0.2, 0.25) is 0 Å². The van der Waals surface area contributed by atoms with Gasteiger partial charge in [-0.2, -0.15) is 4.37 Å². The molecule has 2 aromatic rings. The first-order chi connectivity index (χ1) is 11.1. The van der Waals surface area contributed by atoms with Crippen molar-refractivity contribution in [2.45, 2.75) is 33.6 Å². The van der Waals surface area contributed by atoms with Crippen molar-refractivity contribution in [1.29, 1.82) is 0 Å². The lowest BCUT2D eigenvalue weighted by atomic mass is 10.1. The Balaban J connectivity index is 1.72. The minimum Gasteiger partial charge on any atom is -0.361 e. The number of rotatable bonds is 3. The third-order valence-corrected chi connectivity index (χ3v) is 4.92. The van der Waals surface area contributed by atoms with Crippen LogP contribution < -0.4 is 4.90 Å². The summed E-state index contributed by atoms with van der Waals surface area (Å²) in [5.41, 5.74) is 1.38. The molecule has 8 heteroatoms. The highest BCUT2D eigenvalue weighted by Gasteiger charge is 2.26. The Labute approximate surface area is 139 Å². The smallest absolute Gasteiger partial charge is 0.259 e. The molecule has 0 atom stereocenters.